The number of carboxylic acids is 2. The number of hydrogen-bond donors (Lipinski definition) is 3. The highest BCUT2D eigenvalue weighted by Crippen LogP contribution is 2.17. The second-order valence-electron chi connectivity index (χ2n) is 8.37. The Morgan fingerprint density at radius 2 is 1.24 bits per heavy atom. The van der Waals surface area contributed by atoms with Crippen molar-refractivity contribution in [2.45, 2.75) is 90.9 Å². The van der Waals surface area contributed by atoms with Crippen LogP contribution < -0.4 is 5.32 Å². The fourth-order valence-corrected chi connectivity index (χ4v) is 3.52. The number of benzene rings is 1. The Kier molecular flexibility index (Phi) is 12.8. The SMILES string of the molecule is CC(C)CCCCCCCCCCCCCNc1ccc(C(=O)O)c(C(=O)O)c1. The molecule has 1 rings (SSSR count). The number of anilines is 1. The van der Waals surface area contributed by atoms with Crippen molar-refractivity contribution in [3.05, 3.63) is 29.3 Å². The van der Waals surface area contributed by atoms with Gasteiger partial charge >= 0.3 is 11.9 Å². The van der Waals surface area contributed by atoms with Gasteiger partial charge in [-0.05, 0) is 30.5 Å². The normalized spacial score (nSPS) is 11.0. The van der Waals surface area contributed by atoms with Gasteiger partial charge in [0.05, 0.1) is 11.1 Å². The Hall–Kier alpha value is -2.04. The van der Waals surface area contributed by atoms with Gasteiger partial charge in [-0.2, -0.15) is 0 Å². The van der Waals surface area contributed by atoms with E-state index in [4.69, 9.17) is 10.2 Å². The van der Waals surface area contributed by atoms with E-state index in [2.05, 4.69) is 19.2 Å². The van der Waals surface area contributed by atoms with E-state index in [0.29, 0.717) is 5.69 Å². The highest BCUT2D eigenvalue weighted by Gasteiger charge is 2.16. The molecule has 29 heavy (non-hydrogen) atoms. The maximum Gasteiger partial charge on any atom is 0.336 e. The molecule has 0 unspecified atom stereocenters. The van der Waals surface area contributed by atoms with Crippen LogP contribution in [0.5, 0.6) is 0 Å². The molecule has 0 saturated carbocycles. The Morgan fingerprint density at radius 1 is 0.759 bits per heavy atom. The summed E-state index contributed by atoms with van der Waals surface area (Å²) in [5.41, 5.74) is 0.293. The molecule has 0 atom stereocenters. The second kappa shape index (κ2) is 14.9. The van der Waals surface area contributed by atoms with Gasteiger partial charge in [-0.25, -0.2) is 9.59 Å². The van der Waals surface area contributed by atoms with Crippen molar-refractivity contribution < 1.29 is 19.8 Å². The highest BCUT2D eigenvalue weighted by molar-refractivity contribution is 6.02. The molecule has 0 aliphatic carbocycles. The molecule has 0 aliphatic heterocycles. The molecule has 0 amide bonds. The maximum absolute atomic E-state index is 11.2. The molecule has 0 aliphatic rings. The van der Waals surface area contributed by atoms with E-state index in [0.717, 1.165) is 25.3 Å². The van der Waals surface area contributed by atoms with Gasteiger partial charge in [0.25, 0.3) is 0 Å². The van der Waals surface area contributed by atoms with Crippen molar-refractivity contribution in [3.63, 3.8) is 0 Å². The van der Waals surface area contributed by atoms with Crippen LogP contribution in [-0.2, 0) is 0 Å². The number of unbranched alkanes of at least 4 members (excludes halogenated alkanes) is 10. The first-order valence-corrected chi connectivity index (χ1v) is 11.3. The topological polar surface area (TPSA) is 86.6 Å². The van der Waals surface area contributed by atoms with Crippen molar-refractivity contribution >= 4 is 17.6 Å². The van der Waals surface area contributed by atoms with Gasteiger partial charge in [0.2, 0.25) is 0 Å². The molecule has 0 fully saturated rings. The summed E-state index contributed by atoms with van der Waals surface area (Å²) in [6.07, 6.45) is 15.6. The number of carbonyl (C=O) groups is 2. The Labute approximate surface area is 175 Å². The van der Waals surface area contributed by atoms with Crippen molar-refractivity contribution in [2.24, 2.45) is 5.92 Å². The van der Waals surface area contributed by atoms with Crippen LogP contribution in [0.2, 0.25) is 0 Å². The molecule has 3 N–H and O–H groups in total. The van der Waals surface area contributed by atoms with E-state index in [1.165, 1.54) is 76.3 Å². The van der Waals surface area contributed by atoms with Gasteiger partial charge in [0.1, 0.15) is 0 Å². The lowest BCUT2D eigenvalue weighted by Crippen LogP contribution is -2.09. The van der Waals surface area contributed by atoms with E-state index >= 15 is 0 Å². The summed E-state index contributed by atoms with van der Waals surface area (Å²) in [5, 5.41) is 21.4. The molecule has 0 spiro atoms. The van der Waals surface area contributed by atoms with Gasteiger partial charge in [0, 0.05) is 12.2 Å². The zero-order valence-corrected chi connectivity index (χ0v) is 18.2. The first kappa shape index (κ1) is 25.0. The lowest BCUT2D eigenvalue weighted by molar-refractivity contribution is 0.0651. The molecular weight excluding hydrogens is 366 g/mol. The van der Waals surface area contributed by atoms with Gasteiger partial charge in [0.15, 0.2) is 0 Å². The van der Waals surface area contributed by atoms with Gasteiger partial charge in [-0.1, -0.05) is 84.5 Å². The fraction of sp³-hybridized carbons (Fsp3) is 0.667. The predicted octanol–water partition coefficient (Wildman–Crippen LogP) is 6.83. The molecule has 5 nitrogen and oxygen atoms in total. The van der Waals surface area contributed by atoms with Crippen LogP contribution in [0.3, 0.4) is 0 Å². The average molecular weight is 406 g/mol. The number of aromatic carboxylic acids is 2. The molecular formula is C24H39NO4. The molecule has 0 radical (unpaired) electrons. The Bertz CT molecular complexity index is 613. The minimum Gasteiger partial charge on any atom is -0.478 e. The van der Waals surface area contributed by atoms with E-state index in [9.17, 15) is 9.59 Å². The third kappa shape index (κ3) is 11.5. The summed E-state index contributed by atoms with van der Waals surface area (Å²) in [4.78, 5) is 22.3. The first-order chi connectivity index (χ1) is 13.9. The lowest BCUT2D eigenvalue weighted by Gasteiger charge is -2.09. The number of carboxylic acid groups (broad SMARTS) is 2. The fourth-order valence-electron chi connectivity index (χ4n) is 3.52. The van der Waals surface area contributed by atoms with E-state index < -0.39 is 11.9 Å². The van der Waals surface area contributed by atoms with Crippen LogP contribution in [0.1, 0.15) is 112 Å². The van der Waals surface area contributed by atoms with Crippen LogP contribution in [0.4, 0.5) is 5.69 Å². The number of rotatable bonds is 17. The molecule has 0 saturated heterocycles. The van der Waals surface area contributed by atoms with Crippen LogP contribution in [0, 0.1) is 5.92 Å². The quantitative estimate of drug-likeness (QED) is 0.247. The molecule has 0 bridgehead atoms. The Morgan fingerprint density at radius 3 is 1.72 bits per heavy atom. The molecule has 164 valence electrons. The molecule has 1 aromatic carbocycles. The molecule has 5 heteroatoms. The third-order valence-corrected chi connectivity index (χ3v) is 5.27. The van der Waals surface area contributed by atoms with Crippen molar-refractivity contribution in [2.75, 3.05) is 11.9 Å². The summed E-state index contributed by atoms with van der Waals surface area (Å²) in [6, 6.07) is 4.37. The van der Waals surface area contributed by atoms with Crippen LogP contribution in [-0.4, -0.2) is 28.7 Å². The first-order valence-electron chi connectivity index (χ1n) is 11.3. The summed E-state index contributed by atoms with van der Waals surface area (Å²) >= 11 is 0. The molecule has 1 aromatic rings. The monoisotopic (exact) mass is 405 g/mol. The second-order valence-corrected chi connectivity index (χ2v) is 8.37. The smallest absolute Gasteiger partial charge is 0.336 e. The minimum absolute atomic E-state index is 0.178. The van der Waals surface area contributed by atoms with Crippen LogP contribution in [0.15, 0.2) is 18.2 Å². The van der Waals surface area contributed by atoms with Gasteiger partial charge < -0.3 is 15.5 Å². The van der Waals surface area contributed by atoms with Crippen molar-refractivity contribution in [3.8, 4) is 0 Å². The predicted molar refractivity (Wildman–Crippen MR) is 119 cm³/mol. The Balaban J connectivity index is 2.03. The number of nitrogens with one attached hydrogen (secondary N) is 1. The maximum atomic E-state index is 11.2. The zero-order chi connectivity index (χ0) is 21.5. The summed E-state index contributed by atoms with van der Waals surface area (Å²) in [7, 11) is 0. The van der Waals surface area contributed by atoms with Crippen molar-refractivity contribution in [1.29, 1.82) is 0 Å². The van der Waals surface area contributed by atoms with Gasteiger partial charge in [-0.3, -0.25) is 0 Å². The van der Waals surface area contributed by atoms with Crippen molar-refractivity contribution in [1.82, 2.24) is 0 Å². The van der Waals surface area contributed by atoms with E-state index in [-0.39, 0.29) is 11.1 Å². The largest absolute Gasteiger partial charge is 0.478 e. The van der Waals surface area contributed by atoms with E-state index in [1.807, 2.05) is 0 Å². The average Bonchev–Trinajstić information content (AvgIpc) is 2.67. The molecule has 0 aromatic heterocycles. The van der Waals surface area contributed by atoms with E-state index in [1.54, 1.807) is 6.07 Å². The molecule has 0 heterocycles. The minimum atomic E-state index is -1.22. The summed E-state index contributed by atoms with van der Waals surface area (Å²) in [5.74, 6) is -1.61. The van der Waals surface area contributed by atoms with Crippen LogP contribution >= 0.6 is 0 Å². The standard InChI is InChI=1S/C24H39NO4/c1-19(2)14-12-10-8-6-4-3-5-7-9-11-13-17-25-20-15-16-21(23(26)27)22(18-20)24(28)29/h15-16,18-19,25H,3-14,17H2,1-2H3,(H,26,27)(H,28,29). The summed E-state index contributed by atoms with van der Waals surface area (Å²) < 4.78 is 0. The van der Waals surface area contributed by atoms with Gasteiger partial charge in [-0.15, -0.1) is 0 Å². The highest BCUT2D eigenvalue weighted by atomic mass is 16.4. The third-order valence-electron chi connectivity index (χ3n) is 5.27. The van der Waals surface area contributed by atoms with Crippen LogP contribution in [0.25, 0.3) is 0 Å². The number of hydrogen-bond acceptors (Lipinski definition) is 3. The zero-order valence-electron chi connectivity index (χ0n) is 18.2. The summed E-state index contributed by atoms with van der Waals surface area (Å²) in [6.45, 7) is 5.36. The lowest BCUT2D eigenvalue weighted by atomic mass is 10.0.